The zero-order chi connectivity index (χ0) is 13.5. The van der Waals surface area contributed by atoms with E-state index < -0.39 is 5.60 Å². The minimum absolute atomic E-state index is 0.356. The molecule has 0 fully saturated rings. The maximum Gasteiger partial charge on any atom is 0.238 e. The van der Waals surface area contributed by atoms with Crippen molar-refractivity contribution < 1.29 is 9.84 Å². The van der Waals surface area contributed by atoms with E-state index in [2.05, 4.69) is 9.97 Å². The third-order valence-electron chi connectivity index (χ3n) is 3.58. The van der Waals surface area contributed by atoms with E-state index in [9.17, 15) is 5.11 Å². The van der Waals surface area contributed by atoms with Crippen molar-refractivity contribution in [2.24, 2.45) is 0 Å². The highest BCUT2D eigenvalue weighted by Gasteiger charge is 2.42. The highest BCUT2D eigenvalue weighted by molar-refractivity contribution is 5.52. The van der Waals surface area contributed by atoms with Gasteiger partial charge in [-0.3, -0.25) is 4.98 Å². The Balaban J connectivity index is 2.16. The first-order valence-corrected chi connectivity index (χ1v) is 6.12. The van der Waals surface area contributed by atoms with Crippen LogP contribution in [0.1, 0.15) is 23.2 Å². The average molecular weight is 257 g/mol. The van der Waals surface area contributed by atoms with Gasteiger partial charge in [0.05, 0.1) is 7.11 Å². The van der Waals surface area contributed by atoms with Gasteiger partial charge < -0.3 is 15.6 Å². The molecular formula is C14H15N3O2. The Morgan fingerprint density at radius 1 is 1.32 bits per heavy atom. The Labute approximate surface area is 111 Å². The number of aryl methyl sites for hydroxylation is 1. The average Bonchev–Trinajstić information content (AvgIpc) is 2.77. The normalized spacial score (nSPS) is 21.2. The molecule has 3 rings (SSSR count). The highest BCUT2D eigenvalue weighted by atomic mass is 16.5. The third kappa shape index (κ3) is 1.74. The molecule has 1 unspecified atom stereocenters. The van der Waals surface area contributed by atoms with Gasteiger partial charge in [-0.15, -0.1) is 0 Å². The van der Waals surface area contributed by atoms with Gasteiger partial charge in [-0.25, -0.2) is 4.98 Å². The first kappa shape index (κ1) is 11.9. The Bertz CT molecular complexity index is 630. The molecule has 0 spiro atoms. The van der Waals surface area contributed by atoms with Crippen molar-refractivity contribution in [1.82, 2.24) is 9.97 Å². The molecule has 5 heteroatoms. The van der Waals surface area contributed by atoms with E-state index in [1.807, 2.05) is 12.1 Å². The van der Waals surface area contributed by atoms with Crippen LogP contribution in [0.5, 0.6) is 5.88 Å². The number of nitrogen functional groups attached to an aromatic ring is 1. The van der Waals surface area contributed by atoms with Gasteiger partial charge in [-0.2, -0.15) is 0 Å². The summed E-state index contributed by atoms with van der Waals surface area (Å²) in [5.41, 5.74) is 7.68. The van der Waals surface area contributed by atoms with Gasteiger partial charge >= 0.3 is 0 Å². The Kier molecular flexibility index (Phi) is 2.64. The van der Waals surface area contributed by atoms with Gasteiger partial charge in [0, 0.05) is 18.1 Å². The van der Waals surface area contributed by atoms with Crippen LogP contribution < -0.4 is 10.5 Å². The maximum absolute atomic E-state index is 11.0. The molecule has 98 valence electrons. The molecule has 1 atom stereocenters. The van der Waals surface area contributed by atoms with E-state index in [-0.39, 0.29) is 0 Å². The first-order valence-electron chi connectivity index (χ1n) is 6.12. The number of benzene rings is 1. The van der Waals surface area contributed by atoms with Crippen LogP contribution in [0.4, 0.5) is 5.69 Å². The smallest absolute Gasteiger partial charge is 0.238 e. The number of methoxy groups -OCH3 is 1. The van der Waals surface area contributed by atoms with Crippen molar-refractivity contribution in [2.45, 2.75) is 18.4 Å². The molecule has 0 amide bonds. The number of nitrogens with zero attached hydrogens (tertiary/aromatic N) is 2. The lowest BCUT2D eigenvalue weighted by Crippen LogP contribution is -2.26. The molecule has 1 aliphatic carbocycles. The summed E-state index contributed by atoms with van der Waals surface area (Å²) in [6.07, 6.45) is 4.42. The molecule has 0 saturated carbocycles. The van der Waals surface area contributed by atoms with Crippen LogP contribution >= 0.6 is 0 Å². The minimum Gasteiger partial charge on any atom is -0.480 e. The van der Waals surface area contributed by atoms with Crippen molar-refractivity contribution >= 4 is 5.69 Å². The van der Waals surface area contributed by atoms with Crippen molar-refractivity contribution in [3.8, 4) is 5.88 Å². The van der Waals surface area contributed by atoms with Gasteiger partial charge in [-0.05, 0) is 36.1 Å². The summed E-state index contributed by atoms with van der Waals surface area (Å²) in [4.78, 5) is 8.36. The molecule has 0 radical (unpaired) electrons. The second-order valence-corrected chi connectivity index (χ2v) is 4.69. The van der Waals surface area contributed by atoms with Gasteiger partial charge in [0.2, 0.25) is 5.88 Å². The fraction of sp³-hybridized carbons (Fsp3) is 0.286. The number of aromatic nitrogens is 2. The van der Waals surface area contributed by atoms with Gasteiger partial charge in [0.15, 0.2) is 0 Å². The van der Waals surface area contributed by atoms with E-state index in [4.69, 9.17) is 10.5 Å². The molecule has 1 heterocycles. The Morgan fingerprint density at radius 3 is 2.89 bits per heavy atom. The van der Waals surface area contributed by atoms with E-state index in [0.29, 0.717) is 23.7 Å². The fourth-order valence-electron chi connectivity index (χ4n) is 2.68. The van der Waals surface area contributed by atoms with E-state index in [1.165, 1.54) is 7.11 Å². The van der Waals surface area contributed by atoms with Crippen LogP contribution in [0.25, 0.3) is 0 Å². The Hall–Kier alpha value is -2.14. The van der Waals surface area contributed by atoms with Crippen LogP contribution in [0, 0.1) is 0 Å². The zero-order valence-corrected chi connectivity index (χ0v) is 10.6. The van der Waals surface area contributed by atoms with Crippen LogP contribution in [-0.4, -0.2) is 22.2 Å². The number of hydrogen-bond donors (Lipinski definition) is 2. The summed E-state index contributed by atoms with van der Waals surface area (Å²) in [5.74, 6) is 0.356. The number of hydrogen-bond acceptors (Lipinski definition) is 5. The first-order chi connectivity index (χ1) is 9.15. The van der Waals surface area contributed by atoms with E-state index >= 15 is 0 Å². The number of aliphatic hydroxyl groups is 1. The van der Waals surface area contributed by atoms with E-state index in [1.54, 1.807) is 18.5 Å². The third-order valence-corrected chi connectivity index (χ3v) is 3.58. The van der Waals surface area contributed by atoms with Gasteiger partial charge in [0.1, 0.15) is 11.3 Å². The molecule has 3 N–H and O–H groups in total. The summed E-state index contributed by atoms with van der Waals surface area (Å²) in [6, 6.07) is 5.54. The number of nitrogens with two attached hydrogens (primary N) is 1. The zero-order valence-electron chi connectivity index (χ0n) is 10.6. The maximum atomic E-state index is 11.0. The SMILES string of the molecule is COc1nccnc1C1(O)CCc2cc(N)ccc21. The van der Waals surface area contributed by atoms with Crippen molar-refractivity contribution in [3.63, 3.8) is 0 Å². The van der Waals surface area contributed by atoms with Crippen LogP contribution in [0.15, 0.2) is 30.6 Å². The fourth-order valence-corrected chi connectivity index (χ4v) is 2.68. The van der Waals surface area contributed by atoms with Crippen LogP contribution in [0.2, 0.25) is 0 Å². The summed E-state index contributed by atoms with van der Waals surface area (Å²) in [5, 5.41) is 11.0. The molecule has 1 aromatic carbocycles. The van der Waals surface area contributed by atoms with Crippen molar-refractivity contribution in [2.75, 3.05) is 12.8 Å². The molecule has 1 aromatic heterocycles. The largest absolute Gasteiger partial charge is 0.480 e. The molecule has 2 aromatic rings. The molecule has 0 saturated heterocycles. The minimum atomic E-state index is -1.15. The molecule has 0 aliphatic heterocycles. The number of ether oxygens (including phenoxy) is 1. The predicted octanol–water partition coefficient (Wildman–Crippen LogP) is 1.25. The summed E-state index contributed by atoms with van der Waals surface area (Å²) in [6.45, 7) is 0. The lowest BCUT2D eigenvalue weighted by Gasteiger charge is -2.24. The van der Waals surface area contributed by atoms with E-state index in [0.717, 1.165) is 17.5 Å². The lowest BCUT2D eigenvalue weighted by molar-refractivity contribution is 0.0742. The van der Waals surface area contributed by atoms with Crippen LogP contribution in [0.3, 0.4) is 0 Å². The predicted molar refractivity (Wildman–Crippen MR) is 70.8 cm³/mol. The van der Waals surface area contributed by atoms with Gasteiger partial charge in [0.25, 0.3) is 0 Å². The second-order valence-electron chi connectivity index (χ2n) is 4.69. The summed E-state index contributed by atoms with van der Waals surface area (Å²) >= 11 is 0. The second kappa shape index (κ2) is 4.20. The number of anilines is 1. The van der Waals surface area contributed by atoms with Crippen molar-refractivity contribution in [1.29, 1.82) is 0 Å². The molecule has 0 bridgehead atoms. The molecule has 19 heavy (non-hydrogen) atoms. The topological polar surface area (TPSA) is 81.3 Å². The van der Waals surface area contributed by atoms with Crippen molar-refractivity contribution in [3.05, 3.63) is 47.4 Å². The standard InChI is InChI=1S/C14H15N3O2/c1-19-13-12(16-6-7-17-13)14(18)5-4-9-8-10(15)2-3-11(9)14/h2-3,6-8,18H,4-5,15H2,1H3. The highest BCUT2D eigenvalue weighted by Crippen LogP contribution is 2.43. The Morgan fingerprint density at radius 2 is 2.11 bits per heavy atom. The summed E-state index contributed by atoms with van der Waals surface area (Å²) < 4.78 is 5.20. The monoisotopic (exact) mass is 257 g/mol. The summed E-state index contributed by atoms with van der Waals surface area (Å²) in [7, 11) is 1.52. The molecular weight excluding hydrogens is 242 g/mol. The lowest BCUT2D eigenvalue weighted by atomic mass is 9.92. The van der Waals surface area contributed by atoms with Crippen LogP contribution in [-0.2, 0) is 12.0 Å². The molecule has 5 nitrogen and oxygen atoms in total. The number of fused-ring (bicyclic) bond motifs is 1. The van der Waals surface area contributed by atoms with Gasteiger partial charge in [-0.1, -0.05) is 6.07 Å². The number of rotatable bonds is 2. The quantitative estimate of drug-likeness (QED) is 0.791. The molecule has 1 aliphatic rings.